The van der Waals surface area contributed by atoms with Gasteiger partial charge in [-0.3, -0.25) is 24.1 Å². The molecule has 0 spiro atoms. The number of H-pyrrole nitrogens is 1. The molecule has 3 heterocycles. The average molecular weight is 446 g/mol. The summed E-state index contributed by atoms with van der Waals surface area (Å²) < 4.78 is 8.65. The first-order chi connectivity index (χ1) is 15.0. The summed E-state index contributed by atoms with van der Waals surface area (Å²) in [6, 6.07) is 3.81. The van der Waals surface area contributed by atoms with Gasteiger partial charge in [-0.2, -0.15) is 0 Å². The SMILES string of the molecule is CCCCn1c(=O)[nH]c(=O)c2c1nc(COC(=O)CSCc1cccnc1)n2CCC. The molecule has 0 aliphatic carbocycles. The average Bonchev–Trinajstić information content (AvgIpc) is 3.12. The van der Waals surface area contributed by atoms with Crippen LogP contribution < -0.4 is 11.2 Å². The van der Waals surface area contributed by atoms with Crippen LogP contribution >= 0.6 is 11.8 Å². The van der Waals surface area contributed by atoms with Crippen molar-refractivity contribution in [2.75, 3.05) is 5.75 Å². The number of fused-ring (bicyclic) bond motifs is 1. The molecule has 3 aromatic heterocycles. The molecule has 0 saturated heterocycles. The van der Waals surface area contributed by atoms with Crippen LogP contribution in [-0.4, -0.2) is 35.8 Å². The number of esters is 1. The van der Waals surface area contributed by atoms with Gasteiger partial charge in [0.15, 0.2) is 11.2 Å². The van der Waals surface area contributed by atoms with Crippen molar-refractivity contribution in [3.8, 4) is 0 Å². The van der Waals surface area contributed by atoms with E-state index in [2.05, 4.69) is 15.0 Å². The number of aryl methyl sites for hydroxylation is 2. The van der Waals surface area contributed by atoms with Crippen LogP contribution in [0, 0.1) is 0 Å². The van der Waals surface area contributed by atoms with Gasteiger partial charge in [0.1, 0.15) is 12.4 Å². The molecule has 3 aromatic rings. The maximum atomic E-state index is 12.5. The first kappa shape index (κ1) is 22.8. The zero-order chi connectivity index (χ0) is 22.2. The molecule has 31 heavy (non-hydrogen) atoms. The topological polar surface area (TPSA) is 112 Å². The molecule has 0 aliphatic heterocycles. The van der Waals surface area contributed by atoms with Crippen molar-refractivity contribution in [2.45, 2.75) is 58.6 Å². The lowest BCUT2D eigenvalue weighted by Gasteiger charge is -2.08. The molecular formula is C21H27N5O4S. The number of ether oxygens (including phenoxy) is 1. The van der Waals surface area contributed by atoms with Crippen LogP contribution in [-0.2, 0) is 35.0 Å². The number of hydrogen-bond donors (Lipinski definition) is 1. The number of rotatable bonds is 11. The second-order valence-electron chi connectivity index (χ2n) is 7.13. The Balaban J connectivity index is 1.75. The Morgan fingerprint density at radius 2 is 2.03 bits per heavy atom. The molecule has 0 radical (unpaired) electrons. The predicted molar refractivity (Wildman–Crippen MR) is 120 cm³/mol. The number of aromatic amines is 1. The van der Waals surface area contributed by atoms with Crippen molar-refractivity contribution in [1.82, 2.24) is 24.1 Å². The van der Waals surface area contributed by atoms with Crippen molar-refractivity contribution in [3.05, 3.63) is 56.8 Å². The van der Waals surface area contributed by atoms with Crippen LogP contribution in [0.25, 0.3) is 11.2 Å². The lowest BCUT2D eigenvalue weighted by molar-refractivity contribution is -0.142. The number of hydrogen-bond acceptors (Lipinski definition) is 7. The number of nitrogens with one attached hydrogen (secondary N) is 1. The summed E-state index contributed by atoms with van der Waals surface area (Å²) in [7, 11) is 0. The van der Waals surface area contributed by atoms with Gasteiger partial charge >= 0.3 is 11.7 Å². The molecular weight excluding hydrogens is 418 g/mol. The predicted octanol–water partition coefficient (Wildman–Crippen LogP) is 2.47. The van der Waals surface area contributed by atoms with Crippen molar-refractivity contribution >= 4 is 28.9 Å². The second kappa shape index (κ2) is 10.9. The van der Waals surface area contributed by atoms with Crippen LogP contribution in [0.3, 0.4) is 0 Å². The highest BCUT2D eigenvalue weighted by molar-refractivity contribution is 7.99. The minimum absolute atomic E-state index is 0.0532. The minimum Gasteiger partial charge on any atom is -0.457 e. The Bertz CT molecular complexity index is 1140. The van der Waals surface area contributed by atoms with Gasteiger partial charge < -0.3 is 9.30 Å². The van der Waals surface area contributed by atoms with E-state index in [9.17, 15) is 14.4 Å². The number of thioether (sulfide) groups is 1. The first-order valence-electron chi connectivity index (χ1n) is 10.4. The number of nitrogens with zero attached hydrogens (tertiary/aromatic N) is 4. The van der Waals surface area contributed by atoms with E-state index in [1.807, 2.05) is 26.0 Å². The molecule has 10 heteroatoms. The van der Waals surface area contributed by atoms with E-state index in [-0.39, 0.29) is 18.3 Å². The summed E-state index contributed by atoms with van der Waals surface area (Å²) in [6.45, 7) is 4.96. The van der Waals surface area contributed by atoms with Crippen LogP contribution in [0.4, 0.5) is 0 Å². The summed E-state index contributed by atoms with van der Waals surface area (Å²) in [6.07, 6.45) is 5.93. The largest absolute Gasteiger partial charge is 0.457 e. The molecule has 3 rings (SSSR count). The zero-order valence-electron chi connectivity index (χ0n) is 17.8. The highest BCUT2D eigenvalue weighted by Crippen LogP contribution is 2.15. The standard InChI is InChI=1S/C21H27N5O4S/c1-3-5-10-26-19-18(20(28)24-21(26)29)25(9-4-2)16(23-19)12-30-17(27)14-31-13-15-7-6-8-22-11-15/h6-8,11H,3-5,9-10,12-14H2,1-2H3,(H,24,28,29). The van der Waals surface area contributed by atoms with Crippen LogP contribution in [0.2, 0.25) is 0 Å². The lowest BCUT2D eigenvalue weighted by atomic mass is 10.3. The van der Waals surface area contributed by atoms with E-state index < -0.39 is 11.2 Å². The van der Waals surface area contributed by atoms with Crippen molar-refractivity contribution in [1.29, 1.82) is 0 Å². The van der Waals surface area contributed by atoms with Gasteiger partial charge in [0.25, 0.3) is 5.56 Å². The molecule has 0 amide bonds. The Labute approximate surface area is 183 Å². The summed E-state index contributed by atoms with van der Waals surface area (Å²) in [5.74, 6) is 0.964. The van der Waals surface area contributed by atoms with E-state index in [4.69, 9.17) is 4.74 Å². The van der Waals surface area contributed by atoms with Gasteiger partial charge in [0, 0.05) is 31.2 Å². The quantitative estimate of drug-likeness (QED) is 0.451. The van der Waals surface area contributed by atoms with Crippen molar-refractivity contribution in [3.63, 3.8) is 0 Å². The van der Waals surface area contributed by atoms with Gasteiger partial charge in [-0.15, -0.1) is 11.8 Å². The summed E-state index contributed by atoms with van der Waals surface area (Å²) >= 11 is 1.44. The van der Waals surface area contributed by atoms with Gasteiger partial charge in [-0.25, -0.2) is 9.78 Å². The minimum atomic E-state index is -0.474. The number of pyridine rings is 1. The van der Waals surface area contributed by atoms with Gasteiger partial charge in [-0.1, -0.05) is 26.3 Å². The molecule has 0 aliphatic rings. The van der Waals surface area contributed by atoms with E-state index in [0.717, 1.165) is 24.8 Å². The van der Waals surface area contributed by atoms with Gasteiger partial charge in [0.2, 0.25) is 0 Å². The zero-order valence-corrected chi connectivity index (χ0v) is 18.6. The summed E-state index contributed by atoms with van der Waals surface area (Å²) in [5.41, 5.74) is 0.775. The number of imidazole rings is 1. The third kappa shape index (κ3) is 5.63. The third-order valence-corrected chi connectivity index (χ3v) is 5.70. The van der Waals surface area contributed by atoms with Crippen LogP contribution in [0.15, 0.2) is 34.1 Å². The number of unbranched alkanes of at least 4 members (excludes halogenated alkanes) is 1. The third-order valence-electron chi connectivity index (χ3n) is 4.72. The summed E-state index contributed by atoms with van der Waals surface area (Å²) in [5, 5.41) is 0. The first-order valence-corrected chi connectivity index (χ1v) is 11.5. The number of carbonyl (C=O) groups is 1. The fourth-order valence-electron chi connectivity index (χ4n) is 3.24. The van der Waals surface area contributed by atoms with E-state index in [1.165, 1.54) is 16.3 Å². The van der Waals surface area contributed by atoms with E-state index in [1.54, 1.807) is 17.0 Å². The maximum Gasteiger partial charge on any atom is 0.330 e. The molecule has 0 saturated carbocycles. The Morgan fingerprint density at radius 3 is 2.74 bits per heavy atom. The van der Waals surface area contributed by atoms with Crippen molar-refractivity contribution in [2.24, 2.45) is 0 Å². The number of aromatic nitrogens is 5. The smallest absolute Gasteiger partial charge is 0.330 e. The normalized spacial score (nSPS) is 11.2. The fraction of sp³-hybridized carbons (Fsp3) is 0.476. The van der Waals surface area contributed by atoms with E-state index in [0.29, 0.717) is 35.8 Å². The molecule has 1 N–H and O–H groups in total. The molecule has 0 bridgehead atoms. The highest BCUT2D eigenvalue weighted by Gasteiger charge is 2.19. The lowest BCUT2D eigenvalue weighted by Crippen LogP contribution is -2.31. The van der Waals surface area contributed by atoms with Crippen LogP contribution in [0.1, 0.15) is 44.5 Å². The Morgan fingerprint density at radius 1 is 1.19 bits per heavy atom. The van der Waals surface area contributed by atoms with Crippen LogP contribution in [0.5, 0.6) is 0 Å². The monoisotopic (exact) mass is 445 g/mol. The summed E-state index contributed by atoms with van der Waals surface area (Å²) in [4.78, 5) is 48.0. The highest BCUT2D eigenvalue weighted by atomic mass is 32.2. The van der Waals surface area contributed by atoms with Crippen molar-refractivity contribution < 1.29 is 9.53 Å². The Kier molecular flexibility index (Phi) is 8.05. The molecule has 9 nitrogen and oxygen atoms in total. The van der Waals surface area contributed by atoms with Gasteiger partial charge in [-0.05, 0) is 24.5 Å². The fourth-order valence-corrected chi connectivity index (χ4v) is 4.00. The molecule has 166 valence electrons. The Hall–Kier alpha value is -2.88. The maximum absolute atomic E-state index is 12.5. The second-order valence-corrected chi connectivity index (χ2v) is 8.12. The molecule has 0 aromatic carbocycles. The molecule has 0 unspecified atom stereocenters. The van der Waals surface area contributed by atoms with E-state index >= 15 is 0 Å². The van der Waals surface area contributed by atoms with Gasteiger partial charge in [0.05, 0.1) is 5.75 Å². The number of carbonyl (C=O) groups excluding carboxylic acids is 1. The molecule has 0 atom stereocenters. The molecule has 0 fully saturated rings.